The highest BCUT2D eigenvalue weighted by molar-refractivity contribution is 5.79. The third-order valence-corrected chi connectivity index (χ3v) is 2.33. The molecule has 16 heavy (non-hydrogen) atoms. The maximum absolute atomic E-state index is 5.53. The van der Waals surface area contributed by atoms with E-state index in [1.807, 2.05) is 0 Å². The summed E-state index contributed by atoms with van der Waals surface area (Å²) in [6.07, 6.45) is 2.70. The van der Waals surface area contributed by atoms with Gasteiger partial charge in [-0.05, 0) is 39.5 Å². The van der Waals surface area contributed by atoms with Crippen LogP contribution in [0.25, 0.3) is 0 Å². The Labute approximate surface area is 98.9 Å². The first-order valence-electron chi connectivity index (χ1n) is 6.35. The normalized spacial score (nSPS) is 16.6. The van der Waals surface area contributed by atoms with Gasteiger partial charge in [-0.1, -0.05) is 0 Å². The van der Waals surface area contributed by atoms with Crippen LogP contribution in [-0.2, 0) is 4.74 Å². The van der Waals surface area contributed by atoms with Gasteiger partial charge in [-0.2, -0.15) is 0 Å². The molecule has 0 atom stereocenters. The average molecular weight is 227 g/mol. The Morgan fingerprint density at radius 1 is 1.44 bits per heavy atom. The summed E-state index contributed by atoms with van der Waals surface area (Å²) in [5.74, 6) is 1.72. The molecule has 0 aromatic rings. The Kier molecular flexibility index (Phi) is 6.23. The van der Waals surface area contributed by atoms with E-state index in [2.05, 4.69) is 36.4 Å². The molecular weight excluding hydrogens is 202 g/mol. The molecule has 1 saturated carbocycles. The predicted octanol–water partition coefficient (Wildman–Crippen LogP) is 1.38. The Morgan fingerprint density at radius 2 is 2.19 bits per heavy atom. The summed E-state index contributed by atoms with van der Waals surface area (Å²) < 4.78 is 5.53. The molecule has 0 unspecified atom stereocenters. The largest absolute Gasteiger partial charge is 0.379 e. The minimum atomic E-state index is 0.408. The zero-order valence-electron chi connectivity index (χ0n) is 10.8. The summed E-state index contributed by atoms with van der Waals surface area (Å²) in [6, 6.07) is 0.408. The van der Waals surface area contributed by atoms with Crippen molar-refractivity contribution in [2.45, 2.75) is 39.7 Å². The van der Waals surface area contributed by atoms with E-state index in [0.29, 0.717) is 6.04 Å². The maximum Gasteiger partial charge on any atom is 0.191 e. The molecule has 0 aliphatic heterocycles. The smallest absolute Gasteiger partial charge is 0.191 e. The van der Waals surface area contributed by atoms with Crippen molar-refractivity contribution in [2.24, 2.45) is 10.9 Å². The summed E-state index contributed by atoms with van der Waals surface area (Å²) >= 11 is 0. The van der Waals surface area contributed by atoms with Gasteiger partial charge in [0.1, 0.15) is 0 Å². The molecule has 1 rings (SSSR count). The molecule has 1 aliphatic carbocycles. The van der Waals surface area contributed by atoms with Crippen LogP contribution in [0.3, 0.4) is 0 Å². The third kappa shape index (κ3) is 6.67. The number of ether oxygens (including phenoxy) is 1. The topological polar surface area (TPSA) is 45.7 Å². The Hall–Kier alpha value is -0.770. The van der Waals surface area contributed by atoms with E-state index in [4.69, 9.17) is 4.74 Å². The first-order valence-corrected chi connectivity index (χ1v) is 6.35. The molecule has 0 amide bonds. The molecule has 1 aliphatic rings. The lowest BCUT2D eigenvalue weighted by Crippen LogP contribution is -2.41. The summed E-state index contributed by atoms with van der Waals surface area (Å²) in [7, 11) is 0. The quantitative estimate of drug-likeness (QED) is 0.392. The fourth-order valence-corrected chi connectivity index (χ4v) is 1.35. The number of aliphatic imine (C=N–C) groups is 1. The lowest BCUT2D eigenvalue weighted by atomic mass is 10.4. The van der Waals surface area contributed by atoms with Crippen molar-refractivity contribution in [2.75, 3.05) is 26.3 Å². The van der Waals surface area contributed by atoms with Crippen LogP contribution >= 0.6 is 0 Å². The summed E-state index contributed by atoms with van der Waals surface area (Å²) in [5, 5.41) is 6.49. The van der Waals surface area contributed by atoms with E-state index in [1.165, 1.54) is 12.8 Å². The van der Waals surface area contributed by atoms with Crippen molar-refractivity contribution in [1.29, 1.82) is 0 Å². The van der Waals surface area contributed by atoms with Gasteiger partial charge < -0.3 is 15.4 Å². The first kappa shape index (κ1) is 13.3. The molecule has 2 N–H and O–H groups in total. The van der Waals surface area contributed by atoms with Gasteiger partial charge in [0.2, 0.25) is 0 Å². The Morgan fingerprint density at radius 3 is 2.75 bits per heavy atom. The summed E-state index contributed by atoms with van der Waals surface area (Å²) in [5.41, 5.74) is 0. The van der Waals surface area contributed by atoms with Crippen LogP contribution in [0.5, 0.6) is 0 Å². The molecule has 4 heteroatoms. The van der Waals surface area contributed by atoms with E-state index in [9.17, 15) is 0 Å². The number of nitrogens with zero attached hydrogens (tertiary/aromatic N) is 1. The van der Waals surface area contributed by atoms with Crippen LogP contribution in [0, 0.1) is 5.92 Å². The van der Waals surface area contributed by atoms with Crippen molar-refractivity contribution in [3.63, 3.8) is 0 Å². The molecule has 0 bridgehead atoms. The molecule has 4 nitrogen and oxygen atoms in total. The standard InChI is InChI=1S/C12H25N3O/c1-4-13-12(15-10(2)3)14-7-8-16-9-11-5-6-11/h10-11H,4-9H2,1-3H3,(H2,13,14,15). The first-order chi connectivity index (χ1) is 7.72. The lowest BCUT2D eigenvalue weighted by Gasteiger charge is -2.13. The minimum absolute atomic E-state index is 0.408. The second-order valence-electron chi connectivity index (χ2n) is 4.58. The van der Waals surface area contributed by atoms with Gasteiger partial charge >= 0.3 is 0 Å². The fraction of sp³-hybridized carbons (Fsp3) is 0.917. The van der Waals surface area contributed by atoms with Gasteiger partial charge in [0.25, 0.3) is 0 Å². The van der Waals surface area contributed by atoms with Crippen molar-refractivity contribution in [1.82, 2.24) is 10.6 Å². The molecule has 0 aromatic carbocycles. The van der Waals surface area contributed by atoms with Gasteiger partial charge in [-0.3, -0.25) is 4.99 Å². The highest BCUT2D eigenvalue weighted by atomic mass is 16.5. The Bertz CT molecular complexity index is 212. The number of guanidine groups is 1. The van der Waals surface area contributed by atoms with Crippen LogP contribution in [0.1, 0.15) is 33.6 Å². The number of hydrogen-bond donors (Lipinski definition) is 2. The van der Waals surface area contributed by atoms with Crippen molar-refractivity contribution in [3.8, 4) is 0 Å². The molecule has 0 heterocycles. The molecule has 0 aromatic heterocycles. The van der Waals surface area contributed by atoms with Gasteiger partial charge in [-0.15, -0.1) is 0 Å². The molecule has 94 valence electrons. The van der Waals surface area contributed by atoms with Gasteiger partial charge in [0.05, 0.1) is 13.2 Å². The molecular formula is C12H25N3O. The lowest BCUT2D eigenvalue weighted by molar-refractivity contribution is 0.131. The SMILES string of the molecule is CCNC(=NCCOCC1CC1)NC(C)C. The molecule has 0 spiro atoms. The zero-order valence-corrected chi connectivity index (χ0v) is 10.8. The third-order valence-electron chi connectivity index (χ3n) is 2.33. The van der Waals surface area contributed by atoms with Crippen LogP contribution in [-0.4, -0.2) is 38.3 Å². The van der Waals surface area contributed by atoms with Crippen molar-refractivity contribution >= 4 is 5.96 Å². The minimum Gasteiger partial charge on any atom is -0.379 e. The second-order valence-corrected chi connectivity index (χ2v) is 4.58. The second kappa shape index (κ2) is 7.49. The summed E-state index contributed by atoms with van der Waals surface area (Å²) in [4.78, 5) is 4.44. The van der Waals surface area contributed by atoms with Gasteiger partial charge in [0, 0.05) is 19.2 Å². The van der Waals surface area contributed by atoms with Crippen LogP contribution in [0.4, 0.5) is 0 Å². The predicted molar refractivity (Wildman–Crippen MR) is 67.8 cm³/mol. The average Bonchev–Trinajstić information content (AvgIpc) is 3.00. The monoisotopic (exact) mass is 227 g/mol. The van der Waals surface area contributed by atoms with Crippen molar-refractivity contribution in [3.05, 3.63) is 0 Å². The number of nitrogens with one attached hydrogen (secondary N) is 2. The van der Waals surface area contributed by atoms with Gasteiger partial charge in [0.15, 0.2) is 5.96 Å². The molecule has 0 radical (unpaired) electrons. The molecule has 1 fully saturated rings. The maximum atomic E-state index is 5.53. The molecule has 0 saturated heterocycles. The van der Waals surface area contributed by atoms with E-state index in [0.717, 1.165) is 38.2 Å². The van der Waals surface area contributed by atoms with E-state index < -0.39 is 0 Å². The van der Waals surface area contributed by atoms with Crippen LogP contribution in [0.2, 0.25) is 0 Å². The summed E-state index contributed by atoms with van der Waals surface area (Å²) in [6.45, 7) is 9.55. The van der Waals surface area contributed by atoms with E-state index in [1.54, 1.807) is 0 Å². The fourth-order valence-electron chi connectivity index (χ4n) is 1.35. The number of hydrogen-bond acceptors (Lipinski definition) is 2. The van der Waals surface area contributed by atoms with Gasteiger partial charge in [-0.25, -0.2) is 0 Å². The van der Waals surface area contributed by atoms with Crippen LogP contribution < -0.4 is 10.6 Å². The highest BCUT2D eigenvalue weighted by Gasteiger charge is 2.20. The zero-order chi connectivity index (χ0) is 11.8. The highest BCUT2D eigenvalue weighted by Crippen LogP contribution is 2.28. The van der Waals surface area contributed by atoms with Crippen molar-refractivity contribution < 1.29 is 4.74 Å². The van der Waals surface area contributed by atoms with E-state index >= 15 is 0 Å². The van der Waals surface area contributed by atoms with E-state index in [-0.39, 0.29) is 0 Å². The number of rotatable bonds is 7. The van der Waals surface area contributed by atoms with Crippen LogP contribution in [0.15, 0.2) is 4.99 Å². The Balaban J connectivity index is 2.09.